The summed E-state index contributed by atoms with van der Waals surface area (Å²) in [5.41, 5.74) is -0.616. The van der Waals surface area contributed by atoms with Gasteiger partial charge in [-0.15, -0.1) is 6.42 Å². The Labute approximate surface area is 73.7 Å². The summed E-state index contributed by atoms with van der Waals surface area (Å²) in [4.78, 5) is 0. The summed E-state index contributed by atoms with van der Waals surface area (Å²) in [6.45, 7) is 4.00. The van der Waals surface area contributed by atoms with Crippen LogP contribution in [-0.4, -0.2) is 37.1 Å². The third-order valence-corrected chi connectivity index (χ3v) is 1.34. The van der Waals surface area contributed by atoms with Gasteiger partial charge in [0.15, 0.2) is 0 Å². The highest BCUT2D eigenvalue weighted by Crippen LogP contribution is 2.07. The normalized spacial score (nSPS) is 13.9. The van der Waals surface area contributed by atoms with E-state index in [-0.39, 0.29) is 13.2 Å². The highest BCUT2D eigenvalue weighted by atomic mass is 16.5. The molecule has 0 saturated heterocycles. The van der Waals surface area contributed by atoms with Crippen molar-refractivity contribution in [3.05, 3.63) is 0 Å². The molecule has 0 rings (SSSR count). The van der Waals surface area contributed by atoms with Gasteiger partial charge in [-0.05, 0) is 13.8 Å². The summed E-state index contributed by atoms with van der Waals surface area (Å²) in [7, 11) is 1.52. The molecule has 70 valence electrons. The number of methoxy groups -OCH3 is 1. The maximum absolute atomic E-state index is 9.19. The first-order valence-electron chi connectivity index (χ1n) is 3.80. The molecule has 0 aliphatic heterocycles. The van der Waals surface area contributed by atoms with Crippen molar-refractivity contribution in [3.63, 3.8) is 0 Å². The van der Waals surface area contributed by atoms with Crippen molar-refractivity contribution in [1.82, 2.24) is 0 Å². The van der Waals surface area contributed by atoms with Gasteiger partial charge in [-0.1, -0.05) is 5.92 Å². The van der Waals surface area contributed by atoms with Crippen molar-refractivity contribution in [2.75, 3.05) is 20.3 Å². The fourth-order valence-electron chi connectivity index (χ4n) is 0.587. The molecule has 0 spiro atoms. The van der Waals surface area contributed by atoms with Gasteiger partial charge in [0.1, 0.15) is 11.7 Å². The minimum absolute atomic E-state index is 0.199. The Balaban J connectivity index is 3.62. The summed E-state index contributed by atoms with van der Waals surface area (Å²) in [6, 6.07) is 0. The number of rotatable bonds is 5. The van der Waals surface area contributed by atoms with Gasteiger partial charge in [-0.3, -0.25) is 0 Å². The van der Waals surface area contributed by atoms with Crippen LogP contribution in [0.5, 0.6) is 0 Å². The second-order valence-corrected chi connectivity index (χ2v) is 3.07. The first-order chi connectivity index (χ1) is 5.52. The van der Waals surface area contributed by atoms with Crippen LogP contribution in [0, 0.1) is 12.3 Å². The van der Waals surface area contributed by atoms with Gasteiger partial charge >= 0.3 is 0 Å². The minimum Gasteiger partial charge on any atom is -0.388 e. The maximum atomic E-state index is 9.19. The average molecular weight is 172 g/mol. The van der Waals surface area contributed by atoms with Gasteiger partial charge in [-0.2, -0.15) is 0 Å². The molecule has 3 nitrogen and oxygen atoms in total. The monoisotopic (exact) mass is 172 g/mol. The van der Waals surface area contributed by atoms with E-state index in [1.807, 2.05) is 0 Å². The van der Waals surface area contributed by atoms with Crippen molar-refractivity contribution >= 4 is 0 Å². The molecule has 1 unspecified atom stereocenters. The topological polar surface area (TPSA) is 38.7 Å². The van der Waals surface area contributed by atoms with Crippen LogP contribution in [0.4, 0.5) is 0 Å². The van der Waals surface area contributed by atoms with E-state index in [1.54, 1.807) is 13.8 Å². The van der Waals surface area contributed by atoms with Crippen LogP contribution in [0.25, 0.3) is 0 Å². The Morgan fingerprint density at radius 2 is 2.08 bits per heavy atom. The lowest BCUT2D eigenvalue weighted by Gasteiger charge is -2.20. The summed E-state index contributed by atoms with van der Waals surface area (Å²) in [5.74, 6) is 2.46. The number of aliphatic hydroxyl groups excluding tert-OH is 1. The quantitative estimate of drug-likeness (QED) is 0.611. The molecule has 0 aromatic rings. The third-order valence-electron chi connectivity index (χ3n) is 1.34. The van der Waals surface area contributed by atoms with Crippen LogP contribution in [0.15, 0.2) is 0 Å². The van der Waals surface area contributed by atoms with E-state index < -0.39 is 11.7 Å². The molecule has 0 heterocycles. The molecular weight excluding hydrogens is 156 g/mol. The fraction of sp³-hybridized carbons (Fsp3) is 0.778. The molecule has 12 heavy (non-hydrogen) atoms. The molecule has 3 heteroatoms. The summed E-state index contributed by atoms with van der Waals surface area (Å²) < 4.78 is 9.95. The molecule has 0 radical (unpaired) electrons. The first kappa shape index (κ1) is 11.4. The zero-order valence-corrected chi connectivity index (χ0v) is 7.83. The van der Waals surface area contributed by atoms with Gasteiger partial charge in [0, 0.05) is 7.11 Å². The van der Waals surface area contributed by atoms with Crippen LogP contribution in [-0.2, 0) is 9.47 Å². The number of aliphatic hydroxyl groups is 1. The van der Waals surface area contributed by atoms with Gasteiger partial charge in [-0.25, -0.2) is 0 Å². The zero-order chi connectivity index (χ0) is 9.61. The largest absolute Gasteiger partial charge is 0.388 e. The number of terminal acetylenes is 1. The van der Waals surface area contributed by atoms with E-state index in [1.165, 1.54) is 7.11 Å². The molecule has 0 aliphatic carbocycles. The van der Waals surface area contributed by atoms with E-state index in [0.29, 0.717) is 0 Å². The van der Waals surface area contributed by atoms with Gasteiger partial charge < -0.3 is 14.6 Å². The summed E-state index contributed by atoms with van der Waals surface area (Å²) >= 11 is 0. The Morgan fingerprint density at radius 3 is 2.50 bits per heavy atom. The second-order valence-electron chi connectivity index (χ2n) is 3.07. The molecule has 0 aliphatic rings. The van der Waals surface area contributed by atoms with E-state index in [9.17, 15) is 5.11 Å². The lowest BCUT2D eigenvalue weighted by atomic mass is 10.1. The van der Waals surface area contributed by atoms with Crippen molar-refractivity contribution < 1.29 is 14.6 Å². The van der Waals surface area contributed by atoms with E-state index >= 15 is 0 Å². The fourth-order valence-corrected chi connectivity index (χ4v) is 0.587. The van der Waals surface area contributed by atoms with Crippen molar-refractivity contribution in [1.29, 1.82) is 0 Å². The summed E-state index contributed by atoms with van der Waals surface area (Å²) in [5, 5.41) is 9.19. The van der Waals surface area contributed by atoms with E-state index in [0.717, 1.165) is 0 Å². The Hall–Kier alpha value is -0.560. The Kier molecular flexibility index (Phi) is 4.91. The second kappa shape index (κ2) is 5.15. The summed E-state index contributed by atoms with van der Waals surface area (Å²) in [6.07, 6.45) is 4.57. The zero-order valence-electron chi connectivity index (χ0n) is 7.83. The molecule has 0 fully saturated rings. The van der Waals surface area contributed by atoms with Crippen LogP contribution in [0.3, 0.4) is 0 Å². The number of hydrogen-bond acceptors (Lipinski definition) is 3. The van der Waals surface area contributed by atoms with Gasteiger partial charge in [0.25, 0.3) is 0 Å². The minimum atomic E-state index is -0.616. The molecule has 0 aromatic carbocycles. The van der Waals surface area contributed by atoms with Crippen LogP contribution < -0.4 is 0 Å². The number of hydrogen-bond donors (Lipinski definition) is 1. The highest BCUT2D eigenvalue weighted by molar-refractivity contribution is 5.02. The Morgan fingerprint density at radius 1 is 1.50 bits per heavy atom. The smallest absolute Gasteiger partial charge is 0.122 e. The molecular formula is C9H16O3. The highest BCUT2D eigenvalue weighted by Gasteiger charge is 2.16. The van der Waals surface area contributed by atoms with Gasteiger partial charge in [0.05, 0.1) is 13.2 Å². The predicted molar refractivity (Wildman–Crippen MR) is 46.7 cm³/mol. The van der Waals surface area contributed by atoms with Crippen LogP contribution >= 0.6 is 0 Å². The maximum Gasteiger partial charge on any atom is 0.122 e. The molecule has 1 N–H and O–H groups in total. The van der Waals surface area contributed by atoms with E-state index in [2.05, 4.69) is 5.92 Å². The third kappa shape index (κ3) is 5.14. The van der Waals surface area contributed by atoms with Crippen molar-refractivity contribution in [2.45, 2.75) is 25.6 Å². The van der Waals surface area contributed by atoms with Gasteiger partial charge in [0.2, 0.25) is 0 Å². The van der Waals surface area contributed by atoms with E-state index in [4.69, 9.17) is 15.9 Å². The molecule has 0 aromatic heterocycles. The predicted octanol–water partition coefficient (Wildman–Crippen LogP) is 0.422. The first-order valence-corrected chi connectivity index (χ1v) is 3.80. The Bertz CT molecular complexity index is 158. The van der Waals surface area contributed by atoms with Crippen molar-refractivity contribution in [3.8, 4) is 12.3 Å². The average Bonchev–Trinajstić information content (AvgIpc) is 2.02. The van der Waals surface area contributed by atoms with Crippen molar-refractivity contribution in [2.24, 2.45) is 0 Å². The van der Waals surface area contributed by atoms with Crippen LogP contribution in [0.2, 0.25) is 0 Å². The molecule has 0 amide bonds. The number of ether oxygens (including phenoxy) is 2. The lowest BCUT2D eigenvalue weighted by molar-refractivity contribution is -0.0498. The van der Waals surface area contributed by atoms with Crippen LogP contribution in [0.1, 0.15) is 13.8 Å². The SMILES string of the molecule is C#CC(C)(C)OCC(O)COC. The molecule has 1 atom stereocenters. The molecule has 0 saturated carbocycles. The molecule has 0 bridgehead atoms. The standard InChI is InChI=1S/C9H16O3/c1-5-9(2,3)12-7-8(10)6-11-4/h1,8,10H,6-7H2,2-4H3. The lowest BCUT2D eigenvalue weighted by Crippen LogP contribution is -2.29.